The van der Waals surface area contributed by atoms with E-state index in [1.807, 2.05) is 0 Å². The third-order valence-electron chi connectivity index (χ3n) is 3.40. The van der Waals surface area contributed by atoms with Crippen molar-refractivity contribution in [3.05, 3.63) is 29.8 Å². The molecule has 1 heterocycles. The Balaban J connectivity index is 2.26. The van der Waals surface area contributed by atoms with Gasteiger partial charge in [0.2, 0.25) is 5.91 Å². The second-order valence-corrected chi connectivity index (χ2v) is 6.48. The van der Waals surface area contributed by atoms with Crippen molar-refractivity contribution in [2.75, 3.05) is 13.7 Å². The van der Waals surface area contributed by atoms with Gasteiger partial charge in [-0.1, -0.05) is 23.9 Å². The monoisotopic (exact) mass is 323 g/mol. The smallest absolute Gasteiger partial charge is 0.333 e. The number of phenols is 1. The van der Waals surface area contributed by atoms with Crippen LogP contribution in [-0.2, 0) is 19.1 Å². The van der Waals surface area contributed by atoms with Gasteiger partial charge in [0.05, 0.1) is 7.11 Å². The van der Waals surface area contributed by atoms with Crippen LogP contribution in [0, 0.1) is 0 Å². The van der Waals surface area contributed by atoms with Crippen LogP contribution in [0.2, 0.25) is 0 Å². The Labute approximate surface area is 132 Å². The largest absolute Gasteiger partial charge is 0.508 e. The van der Waals surface area contributed by atoms with Crippen LogP contribution in [0.3, 0.4) is 0 Å². The SMILES string of the molecule is COC(=O)[C@@H](c1ccc(O)cc1)N1CC(SC(C)=O)CC1=O. The minimum absolute atomic E-state index is 0.0566. The van der Waals surface area contributed by atoms with E-state index >= 15 is 0 Å². The highest BCUT2D eigenvalue weighted by atomic mass is 32.2. The molecule has 118 valence electrons. The Morgan fingerprint density at radius 1 is 1.36 bits per heavy atom. The normalized spacial score (nSPS) is 19.1. The van der Waals surface area contributed by atoms with Crippen LogP contribution >= 0.6 is 11.8 Å². The van der Waals surface area contributed by atoms with Gasteiger partial charge in [0, 0.05) is 25.1 Å². The average molecular weight is 323 g/mol. The molecule has 0 bridgehead atoms. The second kappa shape index (κ2) is 6.83. The first-order chi connectivity index (χ1) is 10.4. The highest BCUT2D eigenvalue weighted by molar-refractivity contribution is 8.14. The lowest BCUT2D eigenvalue weighted by Crippen LogP contribution is -2.36. The molecule has 1 aromatic rings. The Morgan fingerprint density at radius 2 is 2.00 bits per heavy atom. The number of hydrogen-bond donors (Lipinski definition) is 1. The summed E-state index contributed by atoms with van der Waals surface area (Å²) >= 11 is 1.11. The Bertz CT molecular complexity index is 586. The van der Waals surface area contributed by atoms with E-state index in [2.05, 4.69) is 0 Å². The number of hydrogen-bond acceptors (Lipinski definition) is 6. The van der Waals surface area contributed by atoms with Gasteiger partial charge in [-0.3, -0.25) is 9.59 Å². The van der Waals surface area contributed by atoms with Crippen molar-refractivity contribution in [2.45, 2.75) is 24.6 Å². The maximum atomic E-state index is 12.2. The number of nitrogens with zero attached hydrogens (tertiary/aromatic N) is 1. The predicted molar refractivity (Wildman–Crippen MR) is 81.3 cm³/mol. The van der Waals surface area contributed by atoms with Crippen LogP contribution in [0.1, 0.15) is 24.9 Å². The number of esters is 1. The van der Waals surface area contributed by atoms with Gasteiger partial charge in [-0.15, -0.1) is 0 Å². The molecule has 1 unspecified atom stereocenters. The summed E-state index contributed by atoms with van der Waals surface area (Å²) in [7, 11) is 1.26. The van der Waals surface area contributed by atoms with Crippen LogP contribution in [-0.4, -0.2) is 45.9 Å². The number of thioether (sulfide) groups is 1. The lowest BCUT2D eigenvalue weighted by Gasteiger charge is -2.26. The number of benzene rings is 1. The lowest BCUT2D eigenvalue weighted by molar-refractivity contribution is -0.151. The Hall–Kier alpha value is -2.02. The molecule has 0 spiro atoms. The molecule has 1 N–H and O–H groups in total. The first kappa shape index (κ1) is 16.4. The van der Waals surface area contributed by atoms with Crippen molar-refractivity contribution < 1.29 is 24.2 Å². The minimum Gasteiger partial charge on any atom is -0.508 e. The van der Waals surface area contributed by atoms with Gasteiger partial charge >= 0.3 is 5.97 Å². The summed E-state index contributed by atoms with van der Waals surface area (Å²) in [6.07, 6.45) is 0.218. The number of rotatable bonds is 4. The van der Waals surface area contributed by atoms with Crippen LogP contribution in [0.15, 0.2) is 24.3 Å². The number of ether oxygens (including phenoxy) is 1. The summed E-state index contributed by atoms with van der Waals surface area (Å²) in [6, 6.07) is 5.20. The number of carbonyl (C=O) groups excluding carboxylic acids is 3. The summed E-state index contributed by atoms with van der Waals surface area (Å²) in [5.41, 5.74) is 0.562. The van der Waals surface area contributed by atoms with Crippen molar-refractivity contribution in [3.8, 4) is 5.75 Å². The topological polar surface area (TPSA) is 83.9 Å². The van der Waals surface area contributed by atoms with Crippen LogP contribution in [0.25, 0.3) is 0 Å². The minimum atomic E-state index is -0.865. The summed E-state index contributed by atoms with van der Waals surface area (Å²) in [5.74, 6) is -0.667. The number of carbonyl (C=O) groups is 3. The fraction of sp³-hybridized carbons (Fsp3) is 0.400. The molecule has 0 saturated carbocycles. The molecule has 1 amide bonds. The molecule has 2 rings (SSSR count). The Morgan fingerprint density at radius 3 is 2.55 bits per heavy atom. The van der Waals surface area contributed by atoms with Gasteiger partial charge in [0.25, 0.3) is 0 Å². The molecule has 6 nitrogen and oxygen atoms in total. The second-order valence-electron chi connectivity index (χ2n) is 5.00. The molecule has 0 aliphatic carbocycles. The van der Waals surface area contributed by atoms with E-state index in [0.717, 1.165) is 11.8 Å². The van der Waals surface area contributed by atoms with Gasteiger partial charge in [0.1, 0.15) is 5.75 Å². The molecular weight excluding hydrogens is 306 g/mol. The standard InChI is InChI=1S/C15H17NO5S/c1-9(17)22-12-7-13(19)16(8-12)14(15(20)21-2)10-3-5-11(18)6-4-10/h3-6,12,14,18H,7-8H2,1-2H3/t12?,14-/m1/s1. The summed E-state index contributed by atoms with van der Waals surface area (Å²) in [4.78, 5) is 36.9. The highest BCUT2D eigenvalue weighted by Crippen LogP contribution is 2.32. The van der Waals surface area contributed by atoms with Crippen molar-refractivity contribution in [3.63, 3.8) is 0 Å². The maximum absolute atomic E-state index is 12.2. The fourth-order valence-electron chi connectivity index (χ4n) is 2.47. The molecular formula is C15H17NO5S. The van der Waals surface area contributed by atoms with E-state index in [-0.39, 0.29) is 28.4 Å². The molecule has 1 saturated heterocycles. The molecule has 1 aromatic carbocycles. The van der Waals surface area contributed by atoms with Crippen LogP contribution in [0.5, 0.6) is 5.75 Å². The van der Waals surface area contributed by atoms with Crippen LogP contribution in [0.4, 0.5) is 0 Å². The molecule has 22 heavy (non-hydrogen) atoms. The van der Waals surface area contributed by atoms with Gasteiger partial charge < -0.3 is 14.7 Å². The highest BCUT2D eigenvalue weighted by Gasteiger charge is 2.39. The number of likely N-dealkylation sites (tertiary alicyclic amines) is 1. The van der Waals surface area contributed by atoms with Crippen molar-refractivity contribution in [2.24, 2.45) is 0 Å². The number of aromatic hydroxyl groups is 1. The van der Waals surface area contributed by atoms with Gasteiger partial charge in [-0.25, -0.2) is 4.79 Å². The maximum Gasteiger partial charge on any atom is 0.333 e. The zero-order valence-electron chi connectivity index (χ0n) is 12.3. The van der Waals surface area contributed by atoms with E-state index in [1.165, 1.54) is 31.1 Å². The molecule has 1 fully saturated rings. The molecule has 7 heteroatoms. The first-order valence-electron chi connectivity index (χ1n) is 6.75. The quantitative estimate of drug-likeness (QED) is 0.845. The summed E-state index contributed by atoms with van der Waals surface area (Å²) in [5, 5.41) is 9.14. The van der Waals surface area contributed by atoms with Crippen molar-refractivity contribution in [1.82, 2.24) is 4.90 Å². The number of methoxy groups -OCH3 is 1. The van der Waals surface area contributed by atoms with Gasteiger partial charge in [-0.05, 0) is 17.7 Å². The van der Waals surface area contributed by atoms with Crippen molar-refractivity contribution in [1.29, 1.82) is 0 Å². The molecule has 0 aromatic heterocycles. The zero-order valence-corrected chi connectivity index (χ0v) is 13.1. The summed E-state index contributed by atoms with van der Waals surface area (Å²) < 4.78 is 4.81. The first-order valence-corrected chi connectivity index (χ1v) is 7.63. The molecule has 2 atom stereocenters. The van der Waals surface area contributed by atoms with E-state index in [9.17, 15) is 19.5 Å². The molecule has 1 aliphatic heterocycles. The van der Waals surface area contributed by atoms with Gasteiger partial charge in [-0.2, -0.15) is 0 Å². The van der Waals surface area contributed by atoms with E-state index < -0.39 is 12.0 Å². The summed E-state index contributed by atoms with van der Waals surface area (Å²) in [6.45, 7) is 1.76. The van der Waals surface area contributed by atoms with Crippen LogP contribution < -0.4 is 0 Å². The third kappa shape index (κ3) is 3.59. The number of amides is 1. The Kier molecular flexibility index (Phi) is 5.07. The fourth-order valence-corrected chi connectivity index (χ4v) is 3.40. The average Bonchev–Trinajstić information content (AvgIpc) is 2.80. The van der Waals surface area contributed by atoms with E-state index in [0.29, 0.717) is 12.1 Å². The molecule has 0 radical (unpaired) electrons. The lowest BCUT2D eigenvalue weighted by atomic mass is 10.1. The molecule has 1 aliphatic rings. The van der Waals surface area contributed by atoms with E-state index in [1.54, 1.807) is 12.1 Å². The van der Waals surface area contributed by atoms with Gasteiger partial charge in [0.15, 0.2) is 11.2 Å². The zero-order chi connectivity index (χ0) is 16.3. The van der Waals surface area contributed by atoms with Crippen molar-refractivity contribution >= 4 is 28.8 Å². The van der Waals surface area contributed by atoms with E-state index in [4.69, 9.17) is 4.74 Å². The predicted octanol–water partition coefficient (Wildman–Crippen LogP) is 1.49. The third-order valence-corrected chi connectivity index (χ3v) is 4.38. The number of phenolic OH excluding ortho intramolecular Hbond substituents is 1.